The molecular formula is C17H15Cl2F3N6O3. The van der Waals surface area contributed by atoms with Gasteiger partial charge in [0.1, 0.15) is 17.2 Å². The maximum Gasteiger partial charge on any atom is 0.416 e. The van der Waals surface area contributed by atoms with Crippen LogP contribution in [0.4, 0.5) is 23.8 Å². The van der Waals surface area contributed by atoms with E-state index in [1.54, 1.807) is 4.90 Å². The number of nitrogen functional groups attached to an aromatic ring is 1. The van der Waals surface area contributed by atoms with E-state index in [-0.39, 0.29) is 45.8 Å². The number of benzene rings is 1. The van der Waals surface area contributed by atoms with Gasteiger partial charge in [-0.3, -0.25) is 0 Å². The number of anilines is 1. The number of carbonyl (C=O) groups excluding carboxylic acids is 1. The third kappa shape index (κ3) is 4.10. The highest BCUT2D eigenvalue weighted by atomic mass is 35.5. The van der Waals surface area contributed by atoms with Crippen molar-refractivity contribution in [1.29, 1.82) is 0 Å². The number of urea groups is 1. The molecule has 1 aromatic heterocycles. The molecule has 0 unspecified atom stereocenters. The van der Waals surface area contributed by atoms with Crippen LogP contribution in [0.1, 0.15) is 11.3 Å². The molecule has 0 atom stereocenters. The van der Waals surface area contributed by atoms with Crippen LogP contribution >= 0.6 is 23.2 Å². The first-order chi connectivity index (χ1) is 14.7. The quantitative estimate of drug-likeness (QED) is 0.714. The molecule has 31 heavy (non-hydrogen) atoms. The molecule has 0 spiro atoms. The first-order valence-electron chi connectivity index (χ1n) is 8.93. The van der Waals surface area contributed by atoms with Crippen molar-refractivity contribution >= 4 is 40.9 Å². The second-order valence-corrected chi connectivity index (χ2v) is 7.45. The number of nitrogens with zero attached hydrogens (tertiary/aromatic N) is 5. The number of hydrogen-bond donors (Lipinski definition) is 1. The Morgan fingerprint density at radius 2 is 1.77 bits per heavy atom. The van der Waals surface area contributed by atoms with E-state index in [1.807, 2.05) is 0 Å². The molecule has 0 aliphatic carbocycles. The van der Waals surface area contributed by atoms with Crippen molar-refractivity contribution in [3.05, 3.63) is 39.5 Å². The fourth-order valence-electron chi connectivity index (χ4n) is 3.13. The Kier molecular flexibility index (Phi) is 5.62. The number of aromatic nitrogens is 2. The van der Waals surface area contributed by atoms with Crippen molar-refractivity contribution < 1.29 is 27.5 Å². The maximum absolute atomic E-state index is 13.0. The van der Waals surface area contributed by atoms with Crippen LogP contribution in [0.5, 0.6) is 0 Å². The zero-order valence-corrected chi connectivity index (χ0v) is 17.2. The zero-order valence-electron chi connectivity index (χ0n) is 15.7. The molecule has 2 N–H and O–H groups in total. The molecule has 1 aromatic carbocycles. The van der Waals surface area contributed by atoms with E-state index in [0.29, 0.717) is 26.3 Å². The second kappa shape index (κ2) is 8.09. The van der Waals surface area contributed by atoms with Crippen LogP contribution in [0.3, 0.4) is 0 Å². The van der Waals surface area contributed by atoms with Crippen LogP contribution in [-0.2, 0) is 15.8 Å². The van der Waals surface area contributed by atoms with Gasteiger partial charge >= 0.3 is 12.2 Å². The SMILES string of the molecule is Nc1cc(C2=NOCN2C(=O)N2CCOCC2)nn1-c1c(Cl)cc(C(F)(F)F)cc1Cl. The Bertz CT molecular complexity index is 1030. The predicted molar refractivity (Wildman–Crippen MR) is 105 cm³/mol. The number of nitrogens with two attached hydrogens (primary N) is 1. The van der Waals surface area contributed by atoms with Gasteiger partial charge in [-0.25, -0.2) is 14.4 Å². The molecule has 0 bridgehead atoms. The molecular weight excluding hydrogens is 464 g/mol. The monoisotopic (exact) mass is 478 g/mol. The fourth-order valence-corrected chi connectivity index (χ4v) is 3.78. The van der Waals surface area contributed by atoms with Gasteiger partial charge in [0.15, 0.2) is 6.73 Å². The largest absolute Gasteiger partial charge is 0.416 e. The minimum absolute atomic E-state index is 0.0203. The lowest BCUT2D eigenvalue weighted by Crippen LogP contribution is -2.49. The highest BCUT2D eigenvalue weighted by molar-refractivity contribution is 6.38. The van der Waals surface area contributed by atoms with Gasteiger partial charge in [-0.05, 0) is 12.1 Å². The molecule has 14 heteroatoms. The first-order valence-corrected chi connectivity index (χ1v) is 9.69. The topological polar surface area (TPSA) is 98.2 Å². The Balaban J connectivity index is 1.66. The molecule has 3 heterocycles. The predicted octanol–water partition coefficient (Wildman–Crippen LogP) is 3.18. The molecule has 0 radical (unpaired) electrons. The Morgan fingerprint density at radius 3 is 2.39 bits per heavy atom. The molecule has 1 fully saturated rings. The van der Waals surface area contributed by atoms with E-state index < -0.39 is 11.7 Å². The number of amidine groups is 1. The zero-order chi connectivity index (χ0) is 22.3. The Labute approximate surface area is 183 Å². The molecule has 2 aliphatic heterocycles. The van der Waals surface area contributed by atoms with Gasteiger partial charge in [0.05, 0.1) is 28.8 Å². The smallest absolute Gasteiger partial charge is 0.384 e. The Hall–Kier alpha value is -2.70. The van der Waals surface area contributed by atoms with Gasteiger partial charge < -0.3 is 20.2 Å². The van der Waals surface area contributed by atoms with E-state index in [2.05, 4.69) is 10.3 Å². The minimum atomic E-state index is -4.62. The number of alkyl halides is 3. The van der Waals surface area contributed by atoms with Gasteiger partial charge in [0.2, 0.25) is 5.84 Å². The summed E-state index contributed by atoms with van der Waals surface area (Å²) in [6.45, 7) is 1.53. The molecule has 9 nitrogen and oxygen atoms in total. The number of hydrogen-bond acceptors (Lipinski definition) is 6. The average molecular weight is 479 g/mol. The molecule has 2 aromatic rings. The van der Waals surface area contributed by atoms with Gasteiger partial charge in [-0.15, -0.1) is 0 Å². The number of rotatable bonds is 2. The Morgan fingerprint density at radius 1 is 1.13 bits per heavy atom. The van der Waals surface area contributed by atoms with Crippen LogP contribution in [0.2, 0.25) is 10.0 Å². The summed E-state index contributed by atoms with van der Waals surface area (Å²) in [5.41, 5.74) is 5.12. The summed E-state index contributed by atoms with van der Waals surface area (Å²) in [7, 11) is 0. The summed E-state index contributed by atoms with van der Waals surface area (Å²) in [6.07, 6.45) is -4.62. The number of carbonyl (C=O) groups is 1. The van der Waals surface area contributed by atoms with E-state index in [9.17, 15) is 18.0 Å². The van der Waals surface area contributed by atoms with Crippen molar-refractivity contribution in [3.8, 4) is 5.69 Å². The lowest BCUT2D eigenvalue weighted by Gasteiger charge is -2.29. The highest BCUT2D eigenvalue weighted by Gasteiger charge is 2.35. The summed E-state index contributed by atoms with van der Waals surface area (Å²) in [5, 5.41) is 7.51. The van der Waals surface area contributed by atoms with Crippen molar-refractivity contribution in [2.75, 3.05) is 38.8 Å². The molecule has 166 valence electrons. The molecule has 4 rings (SSSR count). The summed E-state index contributed by atoms with van der Waals surface area (Å²) in [5.74, 6) is 0.119. The minimum Gasteiger partial charge on any atom is -0.384 e. The van der Waals surface area contributed by atoms with Gasteiger partial charge in [0, 0.05) is 19.2 Å². The van der Waals surface area contributed by atoms with Gasteiger partial charge in [-0.2, -0.15) is 18.3 Å². The second-order valence-electron chi connectivity index (χ2n) is 6.64. The van der Waals surface area contributed by atoms with Gasteiger partial charge in [0.25, 0.3) is 0 Å². The lowest BCUT2D eigenvalue weighted by molar-refractivity contribution is -0.137. The highest BCUT2D eigenvalue weighted by Crippen LogP contribution is 2.38. The third-order valence-corrected chi connectivity index (χ3v) is 5.20. The molecule has 0 saturated carbocycles. The average Bonchev–Trinajstić information content (AvgIpc) is 3.34. The van der Waals surface area contributed by atoms with Crippen molar-refractivity contribution in [2.45, 2.75) is 6.18 Å². The number of oxime groups is 1. The van der Waals surface area contributed by atoms with E-state index in [0.717, 1.165) is 16.8 Å². The van der Waals surface area contributed by atoms with Crippen molar-refractivity contribution in [1.82, 2.24) is 19.6 Å². The summed E-state index contributed by atoms with van der Waals surface area (Å²) >= 11 is 12.1. The molecule has 2 aliphatic rings. The van der Waals surface area contributed by atoms with Crippen LogP contribution in [-0.4, -0.2) is 64.5 Å². The van der Waals surface area contributed by atoms with Crippen LogP contribution in [0.15, 0.2) is 23.4 Å². The third-order valence-electron chi connectivity index (χ3n) is 4.63. The number of morpholine rings is 1. The molecule has 1 saturated heterocycles. The van der Waals surface area contributed by atoms with Crippen LogP contribution in [0.25, 0.3) is 5.69 Å². The summed E-state index contributed by atoms with van der Waals surface area (Å²) in [4.78, 5) is 20.7. The summed E-state index contributed by atoms with van der Waals surface area (Å²) < 4.78 is 45.3. The van der Waals surface area contributed by atoms with Crippen molar-refractivity contribution in [2.24, 2.45) is 5.16 Å². The normalized spacial score (nSPS) is 17.0. The number of amides is 2. The summed E-state index contributed by atoms with van der Waals surface area (Å²) in [6, 6.07) is 2.50. The van der Waals surface area contributed by atoms with Gasteiger partial charge in [-0.1, -0.05) is 28.4 Å². The standard InChI is InChI=1S/C17H15Cl2F3N6O3/c18-10-5-9(17(20,21)22)6-11(19)14(10)28-13(23)7-12(24-28)15-25-31-8-27(15)16(29)26-1-3-30-4-2-26/h5-7H,1-4,8,23H2. The number of halogens is 5. The van der Waals surface area contributed by atoms with E-state index in [1.165, 1.54) is 11.0 Å². The van der Waals surface area contributed by atoms with E-state index in [4.69, 9.17) is 38.5 Å². The lowest BCUT2D eigenvalue weighted by atomic mass is 10.2. The maximum atomic E-state index is 13.0. The number of ether oxygens (including phenoxy) is 1. The van der Waals surface area contributed by atoms with Crippen molar-refractivity contribution in [3.63, 3.8) is 0 Å². The van der Waals surface area contributed by atoms with Crippen LogP contribution < -0.4 is 5.73 Å². The molecule has 2 amide bonds. The van der Waals surface area contributed by atoms with Crippen LogP contribution in [0, 0.1) is 0 Å². The van der Waals surface area contributed by atoms with E-state index >= 15 is 0 Å². The fraction of sp³-hybridized carbons (Fsp3) is 0.353. The first kappa shape index (κ1) is 21.5.